The van der Waals surface area contributed by atoms with Crippen molar-refractivity contribution in [3.8, 4) is 0 Å². The molecule has 0 fully saturated rings. The zero-order chi connectivity index (χ0) is 21.5. The maximum Gasteiger partial charge on any atom is 0.229 e. The van der Waals surface area contributed by atoms with Gasteiger partial charge in [-0.25, -0.2) is 9.37 Å². The Hall–Kier alpha value is -2.16. The molecule has 0 atom stereocenters. The molecule has 3 rings (SSSR count). The molecule has 0 aliphatic rings. The average Bonchev–Trinajstić information content (AvgIpc) is 2.72. The largest absolute Gasteiger partial charge is 0.339 e. The van der Waals surface area contributed by atoms with Crippen molar-refractivity contribution in [1.82, 2.24) is 14.7 Å². The van der Waals surface area contributed by atoms with Crippen LogP contribution in [0.1, 0.15) is 25.8 Å². The van der Waals surface area contributed by atoms with E-state index >= 15 is 0 Å². The van der Waals surface area contributed by atoms with Gasteiger partial charge in [-0.05, 0) is 83.5 Å². The number of nitrogens with one attached hydrogen (secondary N) is 3. The maximum atomic E-state index is 13.8. The van der Waals surface area contributed by atoms with Crippen LogP contribution in [0.25, 0.3) is 0 Å². The van der Waals surface area contributed by atoms with Crippen LogP contribution >= 0.6 is 27.9 Å². The molecule has 8 heteroatoms. The van der Waals surface area contributed by atoms with Crippen LogP contribution in [0.15, 0.2) is 58.0 Å². The van der Waals surface area contributed by atoms with E-state index in [1.165, 1.54) is 6.07 Å². The number of hydrogen-bond acceptors (Lipinski definition) is 6. The molecule has 0 aliphatic heterocycles. The Morgan fingerprint density at radius 3 is 2.60 bits per heavy atom. The second-order valence-electron chi connectivity index (χ2n) is 7.26. The van der Waals surface area contributed by atoms with E-state index in [4.69, 9.17) is 0 Å². The molecule has 1 aromatic heterocycles. The molecule has 3 N–H and O–H groups in total. The standard InChI is InChI=1S/C22H25BrFN5S/c1-14(2)11-12-26-30-17-9-7-16(8-10-17)27-22-25-13-18(23)21(29-22)28-20-6-4-5-19(24)15(20)3/h4-10,13-14,26H,11-12H2,1-3H3,(H2,25,27,28,29). The Morgan fingerprint density at radius 2 is 1.87 bits per heavy atom. The molecule has 0 saturated heterocycles. The predicted octanol–water partition coefficient (Wildman–Crippen LogP) is 6.82. The Morgan fingerprint density at radius 1 is 1.10 bits per heavy atom. The van der Waals surface area contributed by atoms with Gasteiger partial charge in [0.15, 0.2) is 0 Å². The van der Waals surface area contributed by atoms with Crippen molar-refractivity contribution in [3.05, 3.63) is 64.5 Å². The molecular weight excluding hydrogens is 465 g/mol. The van der Waals surface area contributed by atoms with E-state index < -0.39 is 0 Å². The van der Waals surface area contributed by atoms with Gasteiger partial charge in [0, 0.05) is 34.6 Å². The van der Waals surface area contributed by atoms with Crippen molar-refractivity contribution in [3.63, 3.8) is 0 Å². The summed E-state index contributed by atoms with van der Waals surface area (Å²) in [6.45, 7) is 7.15. The highest BCUT2D eigenvalue weighted by atomic mass is 79.9. The summed E-state index contributed by atoms with van der Waals surface area (Å²) >= 11 is 5.08. The fourth-order valence-electron chi connectivity index (χ4n) is 2.60. The predicted molar refractivity (Wildman–Crippen MR) is 127 cm³/mol. The minimum atomic E-state index is -0.264. The Labute approximate surface area is 189 Å². The normalized spacial score (nSPS) is 11.0. The first-order chi connectivity index (χ1) is 14.4. The summed E-state index contributed by atoms with van der Waals surface area (Å²) in [4.78, 5) is 9.97. The van der Waals surface area contributed by atoms with E-state index in [0.717, 1.165) is 23.5 Å². The lowest BCUT2D eigenvalue weighted by molar-refractivity contribution is 0.585. The van der Waals surface area contributed by atoms with Crippen molar-refractivity contribution in [2.24, 2.45) is 5.92 Å². The van der Waals surface area contributed by atoms with E-state index in [0.29, 0.717) is 33.4 Å². The molecule has 0 radical (unpaired) electrons. The lowest BCUT2D eigenvalue weighted by Gasteiger charge is -2.12. The summed E-state index contributed by atoms with van der Waals surface area (Å²) in [5, 5.41) is 6.37. The van der Waals surface area contributed by atoms with Gasteiger partial charge < -0.3 is 10.6 Å². The fourth-order valence-corrected chi connectivity index (χ4v) is 3.55. The summed E-state index contributed by atoms with van der Waals surface area (Å²) in [6, 6.07) is 13.0. The SMILES string of the molecule is Cc1c(F)cccc1Nc1nc(Nc2ccc(SNCCC(C)C)cc2)ncc1Br. The van der Waals surface area contributed by atoms with Crippen molar-refractivity contribution in [1.29, 1.82) is 0 Å². The van der Waals surface area contributed by atoms with E-state index in [1.807, 2.05) is 30.3 Å². The van der Waals surface area contributed by atoms with Crippen molar-refractivity contribution < 1.29 is 4.39 Å². The van der Waals surface area contributed by atoms with E-state index in [1.54, 1.807) is 31.1 Å². The van der Waals surface area contributed by atoms with Crippen LogP contribution in [-0.2, 0) is 0 Å². The van der Waals surface area contributed by atoms with Gasteiger partial charge in [-0.2, -0.15) is 4.98 Å². The molecule has 3 aromatic rings. The summed E-state index contributed by atoms with van der Waals surface area (Å²) in [5.41, 5.74) is 2.08. The van der Waals surface area contributed by atoms with Gasteiger partial charge in [0.2, 0.25) is 5.95 Å². The number of rotatable bonds is 9. The minimum absolute atomic E-state index is 0.264. The summed E-state index contributed by atoms with van der Waals surface area (Å²) in [7, 11) is 0. The molecule has 2 aromatic carbocycles. The number of nitrogens with zero attached hydrogens (tertiary/aromatic N) is 2. The fraction of sp³-hybridized carbons (Fsp3) is 0.273. The number of benzene rings is 2. The van der Waals surface area contributed by atoms with E-state index in [2.05, 4.69) is 55.1 Å². The van der Waals surface area contributed by atoms with Crippen molar-refractivity contribution >= 4 is 51.0 Å². The van der Waals surface area contributed by atoms with Gasteiger partial charge >= 0.3 is 0 Å². The second kappa shape index (κ2) is 10.7. The summed E-state index contributed by atoms with van der Waals surface area (Å²) < 4.78 is 17.9. The monoisotopic (exact) mass is 489 g/mol. The highest BCUT2D eigenvalue weighted by Crippen LogP contribution is 2.28. The summed E-state index contributed by atoms with van der Waals surface area (Å²) in [6.07, 6.45) is 2.81. The van der Waals surface area contributed by atoms with Crippen LogP contribution in [0.3, 0.4) is 0 Å². The lowest BCUT2D eigenvalue weighted by Crippen LogP contribution is -2.07. The first-order valence-electron chi connectivity index (χ1n) is 9.74. The lowest BCUT2D eigenvalue weighted by atomic mass is 10.1. The molecule has 0 bridgehead atoms. The first kappa shape index (κ1) is 22.5. The first-order valence-corrected chi connectivity index (χ1v) is 11.3. The quantitative estimate of drug-likeness (QED) is 0.226. The zero-order valence-electron chi connectivity index (χ0n) is 17.2. The van der Waals surface area contributed by atoms with Gasteiger partial charge in [-0.1, -0.05) is 19.9 Å². The third-order valence-corrected chi connectivity index (χ3v) is 5.83. The Kier molecular flexibility index (Phi) is 8.07. The topological polar surface area (TPSA) is 61.9 Å². The molecular formula is C22H25BrFN5S. The molecule has 0 amide bonds. The van der Waals surface area contributed by atoms with Gasteiger partial charge in [-0.3, -0.25) is 4.72 Å². The number of aromatic nitrogens is 2. The smallest absolute Gasteiger partial charge is 0.229 e. The molecule has 5 nitrogen and oxygen atoms in total. The molecule has 0 unspecified atom stereocenters. The van der Waals surface area contributed by atoms with Gasteiger partial charge in [0.05, 0.1) is 4.47 Å². The number of halogens is 2. The maximum absolute atomic E-state index is 13.8. The Bertz CT molecular complexity index is 982. The minimum Gasteiger partial charge on any atom is -0.339 e. The molecule has 0 aliphatic carbocycles. The van der Waals surface area contributed by atoms with Crippen LogP contribution in [0.2, 0.25) is 0 Å². The van der Waals surface area contributed by atoms with Crippen LogP contribution in [0.4, 0.5) is 27.5 Å². The van der Waals surface area contributed by atoms with Crippen LogP contribution in [0, 0.1) is 18.7 Å². The van der Waals surface area contributed by atoms with Crippen molar-refractivity contribution in [2.75, 3.05) is 17.2 Å². The van der Waals surface area contributed by atoms with Gasteiger partial charge in [0.25, 0.3) is 0 Å². The number of anilines is 4. The van der Waals surface area contributed by atoms with Crippen LogP contribution in [0.5, 0.6) is 0 Å². The third kappa shape index (κ3) is 6.42. The summed E-state index contributed by atoms with van der Waals surface area (Å²) in [5.74, 6) is 1.44. The zero-order valence-corrected chi connectivity index (χ0v) is 19.6. The van der Waals surface area contributed by atoms with Gasteiger partial charge in [0.1, 0.15) is 11.6 Å². The van der Waals surface area contributed by atoms with Crippen molar-refractivity contribution in [2.45, 2.75) is 32.1 Å². The van der Waals surface area contributed by atoms with Crippen LogP contribution in [-0.4, -0.2) is 16.5 Å². The average molecular weight is 490 g/mol. The highest BCUT2D eigenvalue weighted by Gasteiger charge is 2.09. The van der Waals surface area contributed by atoms with Gasteiger partial charge in [-0.15, -0.1) is 0 Å². The Balaban J connectivity index is 1.64. The second-order valence-corrected chi connectivity index (χ2v) is 9.07. The van der Waals surface area contributed by atoms with E-state index in [-0.39, 0.29) is 5.82 Å². The molecule has 0 saturated carbocycles. The van der Waals surface area contributed by atoms with Crippen LogP contribution < -0.4 is 15.4 Å². The molecule has 0 spiro atoms. The molecule has 1 heterocycles. The third-order valence-electron chi connectivity index (χ3n) is 4.39. The number of hydrogen-bond donors (Lipinski definition) is 3. The molecule has 30 heavy (non-hydrogen) atoms. The highest BCUT2D eigenvalue weighted by molar-refractivity contribution is 9.10. The molecule has 158 valence electrons. The van der Waals surface area contributed by atoms with E-state index in [9.17, 15) is 4.39 Å².